The summed E-state index contributed by atoms with van der Waals surface area (Å²) in [6.07, 6.45) is 5.01. The minimum Gasteiger partial charge on any atom is -0.492 e. The highest BCUT2D eigenvalue weighted by atomic mass is 16.5. The summed E-state index contributed by atoms with van der Waals surface area (Å²) in [5, 5.41) is 0. The van der Waals surface area contributed by atoms with Gasteiger partial charge in [-0.25, -0.2) is 4.98 Å². The van der Waals surface area contributed by atoms with Crippen LogP contribution >= 0.6 is 0 Å². The van der Waals surface area contributed by atoms with Gasteiger partial charge in [-0.2, -0.15) is 0 Å². The highest BCUT2D eigenvalue weighted by Gasteiger charge is 2.39. The number of nitrogens with zero attached hydrogens (tertiary/aromatic N) is 2. The Hall–Kier alpha value is -2.76. The summed E-state index contributed by atoms with van der Waals surface area (Å²) in [5.74, 6) is 0.639. The third-order valence-corrected chi connectivity index (χ3v) is 3.36. The maximum atomic E-state index is 11.9. The van der Waals surface area contributed by atoms with Crippen LogP contribution < -0.4 is 10.5 Å². The second kappa shape index (κ2) is 4.97. The SMILES string of the molecule is CC(Oc1ccccc1)(C(N)=O)c1cn2c(n1)COC=C2. The zero-order valence-corrected chi connectivity index (χ0v) is 11.5. The number of amides is 1. The van der Waals surface area contributed by atoms with Gasteiger partial charge in [-0.3, -0.25) is 4.79 Å². The monoisotopic (exact) mass is 285 g/mol. The molecular weight excluding hydrogens is 270 g/mol. The van der Waals surface area contributed by atoms with Gasteiger partial charge in [0, 0.05) is 12.4 Å². The molecule has 1 unspecified atom stereocenters. The summed E-state index contributed by atoms with van der Waals surface area (Å²) in [6.45, 7) is 1.96. The number of fused-ring (bicyclic) bond motifs is 1. The van der Waals surface area contributed by atoms with Gasteiger partial charge in [0.05, 0.1) is 0 Å². The first kappa shape index (κ1) is 13.2. The number of ether oxygens (including phenoxy) is 2. The number of benzene rings is 1. The second-order valence-electron chi connectivity index (χ2n) is 4.86. The Labute approximate surface area is 121 Å². The van der Waals surface area contributed by atoms with E-state index in [-0.39, 0.29) is 0 Å². The van der Waals surface area contributed by atoms with E-state index < -0.39 is 11.5 Å². The van der Waals surface area contributed by atoms with E-state index in [1.165, 1.54) is 0 Å². The molecule has 0 aliphatic carbocycles. The van der Waals surface area contributed by atoms with Crippen LogP contribution in [0.4, 0.5) is 0 Å². The lowest BCUT2D eigenvalue weighted by Gasteiger charge is -2.25. The second-order valence-corrected chi connectivity index (χ2v) is 4.86. The van der Waals surface area contributed by atoms with Gasteiger partial charge in [0.1, 0.15) is 24.3 Å². The molecule has 0 saturated heterocycles. The molecule has 2 heterocycles. The molecule has 0 spiro atoms. The quantitative estimate of drug-likeness (QED) is 0.925. The van der Waals surface area contributed by atoms with Crippen molar-refractivity contribution in [2.75, 3.05) is 0 Å². The fraction of sp³-hybridized carbons (Fsp3) is 0.200. The smallest absolute Gasteiger partial charge is 0.267 e. The highest BCUT2D eigenvalue weighted by molar-refractivity contribution is 5.84. The van der Waals surface area contributed by atoms with Gasteiger partial charge in [0.15, 0.2) is 5.82 Å². The number of hydrogen-bond acceptors (Lipinski definition) is 4. The number of carbonyl (C=O) groups excluding carboxylic acids is 1. The fourth-order valence-corrected chi connectivity index (χ4v) is 2.08. The van der Waals surface area contributed by atoms with E-state index in [1.807, 2.05) is 18.2 Å². The molecule has 1 aromatic carbocycles. The molecule has 1 aliphatic rings. The predicted molar refractivity (Wildman–Crippen MR) is 76.0 cm³/mol. The number of hydrogen-bond donors (Lipinski definition) is 1. The number of carbonyl (C=O) groups is 1. The van der Waals surface area contributed by atoms with Crippen molar-refractivity contribution in [1.82, 2.24) is 9.55 Å². The minimum absolute atomic E-state index is 0.344. The van der Waals surface area contributed by atoms with Crippen molar-refractivity contribution in [2.45, 2.75) is 19.1 Å². The zero-order valence-electron chi connectivity index (χ0n) is 11.5. The van der Waals surface area contributed by atoms with Gasteiger partial charge in [0.25, 0.3) is 5.91 Å². The van der Waals surface area contributed by atoms with Gasteiger partial charge < -0.3 is 19.8 Å². The van der Waals surface area contributed by atoms with Crippen molar-refractivity contribution in [2.24, 2.45) is 5.73 Å². The van der Waals surface area contributed by atoms with Crippen LogP contribution in [0.1, 0.15) is 18.4 Å². The summed E-state index contributed by atoms with van der Waals surface area (Å²) in [5.41, 5.74) is 4.65. The molecule has 0 fully saturated rings. The summed E-state index contributed by atoms with van der Waals surface area (Å²) >= 11 is 0. The summed E-state index contributed by atoms with van der Waals surface area (Å²) < 4.78 is 12.8. The first-order valence-electron chi connectivity index (χ1n) is 6.50. The minimum atomic E-state index is -1.35. The van der Waals surface area contributed by atoms with Crippen molar-refractivity contribution in [3.05, 3.63) is 54.3 Å². The molecule has 1 atom stereocenters. The zero-order chi connectivity index (χ0) is 14.9. The van der Waals surface area contributed by atoms with Crippen molar-refractivity contribution >= 4 is 12.1 Å². The van der Waals surface area contributed by atoms with Crippen LogP contribution in [0.2, 0.25) is 0 Å². The maximum Gasteiger partial charge on any atom is 0.267 e. The van der Waals surface area contributed by atoms with Crippen LogP contribution in [0.3, 0.4) is 0 Å². The van der Waals surface area contributed by atoms with Crippen LogP contribution in [0, 0.1) is 0 Å². The van der Waals surface area contributed by atoms with Crippen LogP contribution in [-0.4, -0.2) is 15.5 Å². The molecule has 108 valence electrons. The fourth-order valence-electron chi connectivity index (χ4n) is 2.08. The Bertz CT molecular complexity index is 693. The number of imidazole rings is 1. The standard InChI is InChI=1S/C15H15N3O3/c1-15(14(16)19,21-11-5-3-2-4-6-11)12-9-18-7-8-20-10-13(18)17-12/h2-9H,10H2,1H3,(H2,16,19). The van der Waals surface area contributed by atoms with Gasteiger partial charge in [-0.05, 0) is 19.1 Å². The molecule has 0 bridgehead atoms. The molecule has 1 aromatic heterocycles. The molecule has 6 heteroatoms. The Morgan fingerprint density at radius 3 is 2.86 bits per heavy atom. The van der Waals surface area contributed by atoms with E-state index in [2.05, 4.69) is 4.98 Å². The molecule has 0 saturated carbocycles. The average molecular weight is 285 g/mol. The Morgan fingerprint density at radius 1 is 1.43 bits per heavy atom. The summed E-state index contributed by atoms with van der Waals surface area (Å²) in [7, 11) is 0. The molecule has 2 N–H and O–H groups in total. The van der Waals surface area contributed by atoms with E-state index in [4.69, 9.17) is 15.2 Å². The number of aromatic nitrogens is 2. The van der Waals surface area contributed by atoms with Gasteiger partial charge in [0.2, 0.25) is 5.60 Å². The first-order chi connectivity index (χ1) is 10.1. The first-order valence-corrected chi connectivity index (χ1v) is 6.50. The van der Waals surface area contributed by atoms with Crippen LogP contribution in [0.5, 0.6) is 5.75 Å². The topological polar surface area (TPSA) is 79.4 Å². The Kier molecular flexibility index (Phi) is 3.13. The van der Waals surface area contributed by atoms with Crippen molar-refractivity contribution in [3.8, 4) is 5.75 Å². The van der Waals surface area contributed by atoms with Crippen molar-refractivity contribution in [1.29, 1.82) is 0 Å². The van der Waals surface area contributed by atoms with E-state index >= 15 is 0 Å². The summed E-state index contributed by atoms with van der Waals surface area (Å²) in [4.78, 5) is 16.3. The van der Waals surface area contributed by atoms with Gasteiger partial charge >= 0.3 is 0 Å². The predicted octanol–water partition coefficient (Wildman–Crippen LogP) is 1.62. The Balaban J connectivity index is 1.99. The van der Waals surface area contributed by atoms with E-state index in [1.54, 1.807) is 42.3 Å². The van der Waals surface area contributed by atoms with Gasteiger partial charge in [-0.1, -0.05) is 18.2 Å². The highest BCUT2D eigenvalue weighted by Crippen LogP contribution is 2.28. The number of para-hydroxylation sites is 1. The van der Waals surface area contributed by atoms with Crippen molar-refractivity contribution in [3.63, 3.8) is 0 Å². The largest absolute Gasteiger partial charge is 0.492 e. The molecular formula is C15H15N3O3. The normalized spacial score (nSPS) is 15.7. The lowest BCUT2D eigenvalue weighted by atomic mass is 10.0. The third kappa shape index (κ3) is 2.35. The van der Waals surface area contributed by atoms with E-state index in [0.29, 0.717) is 23.9 Å². The maximum absolute atomic E-state index is 11.9. The van der Waals surface area contributed by atoms with E-state index in [0.717, 1.165) is 0 Å². The molecule has 1 amide bonds. The average Bonchev–Trinajstić information content (AvgIpc) is 2.92. The van der Waals surface area contributed by atoms with Crippen molar-refractivity contribution < 1.29 is 14.3 Å². The lowest BCUT2D eigenvalue weighted by molar-refractivity contribution is -0.133. The van der Waals surface area contributed by atoms with Crippen LogP contribution in [0.25, 0.3) is 6.20 Å². The van der Waals surface area contributed by atoms with Gasteiger partial charge in [-0.15, -0.1) is 0 Å². The number of rotatable bonds is 4. The molecule has 2 aromatic rings. The Morgan fingerprint density at radius 2 is 2.19 bits per heavy atom. The molecule has 0 radical (unpaired) electrons. The number of nitrogens with two attached hydrogens (primary N) is 1. The lowest BCUT2D eigenvalue weighted by Crippen LogP contribution is -2.44. The molecule has 3 rings (SSSR count). The van der Waals surface area contributed by atoms with Crippen LogP contribution in [-0.2, 0) is 21.7 Å². The molecule has 21 heavy (non-hydrogen) atoms. The molecule has 6 nitrogen and oxygen atoms in total. The van der Waals surface area contributed by atoms with E-state index in [9.17, 15) is 4.79 Å². The van der Waals surface area contributed by atoms with Crippen LogP contribution in [0.15, 0.2) is 42.8 Å². The summed E-state index contributed by atoms with van der Waals surface area (Å²) in [6, 6.07) is 9.04. The molecule has 1 aliphatic heterocycles. The number of primary amides is 1. The third-order valence-electron chi connectivity index (χ3n) is 3.36.